The summed E-state index contributed by atoms with van der Waals surface area (Å²) < 4.78 is 54.4. The van der Waals surface area contributed by atoms with E-state index in [2.05, 4.69) is 37.1 Å². The number of halogens is 3. The minimum atomic E-state index is -4.75. The lowest BCUT2D eigenvalue weighted by atomic mass is 9.83. The Morgan fingerprint density at radius 2 is 1.65 bits per heavy atom. The van der Waals surface area contributed by atoms with Gasteiger partial charge in [0.05, 0.1) is 12.6 Å². The van der Waals surface area contributed by atoms with Crippen LogP contribution in [0.4, 0.5) is 18.0 Å². The summed E-state index contributed by atoms with van der Waals surface area (Å²) in [5, 5.41) is 11.8. The van der Waals surface area contributed by atoms with Crippen LogP contribution in [-0.2, 0) is 20.5 Å². The van der Waals surface area contributed by atoms with Crippen LogP contribution >= 0.6 is 11.3 Å². The Morgan fingerprint density at radius 1 is 0.915 bits per heavy atom. The van der Waals surface area contributed by atoms with E-state index in [1.807, 2.05) is 13.0 Å². The van der Waals surface area contributed by atoms with E-state index in [0.29, 0.717) is 48.0 Å². The van der Waals surface area contributed by atoms with Crippen LogP contribution in [0.15, 0.2) is 58.4 Å². The van der Waals surface area contributed by atoms with E-state index in [1.54, 1.807) is 56.2 Å². The standard InChI is InChI=1S/C51H67F3N8O8S/c1-8-61(30-32(2)55-45(65)36-24-22-35(23-25-36)43-58-48(70-59-43)51(52,53)54)26-13-10-14-28-68-38-20-15-19-37(29-38)42(63)39-31-71-46(56-39)40-21-16-27-62(40)47(66)41(34-17-11-9-12-18-34)57-44(64)33(3)60(7)49(67)69-50(4,5)6/h15,19-20,22-25,29,31-34,40-41H,8-14,16-18,21,26-28,30H2,1-7H3,(H,55,65)(H,57,64)/t32-,33+,40+,41+/m1/s1. The third kappa shape index (κ3) is 15.1. The average molecular weight is 1010 g/mol. The van der Waals surface area contributed by atoms with Gasteiger partial charge in [-0.05, 0) is 123 Å². The van der Waals surface area contributed by atoms with Crippen LogP contribution in [0.3, 0.4) is 0 Å². The molecule has 4 aromatic rings. The summed E-state index contributed by atoms with van der Waals surface area (Å²) in [6.45, 7) is 14.1. The number of alkyl halides is 3. The molecular formula is C51H67F3N8O8S. The number of aromatic nitrogens is 3. The first-order valence-electron chi connectivity index (χ1n) is 24.6. The van der Waals surface area contributed by atoms with Crippen molar-refractivity contribution in [1.82, 2.24) is 40.5 Å². The Morgan fingerprint density at radius 3 is 2.32 bits per heavy atom. The summed E-state index contributed by atoms with van der Waals surface area (Å²) in [6.07, 6.45) is 3.29. The molecule has 2 N–H and O–H groups in total. The fourth-order valence-electron chi connectivity index (χ4n) is 8.83. The molecule has 71 heavy (non-hydrogen) atoms. The van der Waals surface area contributed by atoms with Gasteiger partial charge in [-0.15, -0.1) is 11.3 Å². The number of ketones is 1. The Labute approximate surface area is 417 Å². The Balaban J connectivity index is 0.952. The Bertz CT molecular complexity index is 2430. The quantitative estimate of drug-likeness (QED) is 0.0596. The topological polar surface area (TPSA) is 189 Å². The summed E-state index contributed by atoms with van der Waals surface area (Å²) in [6, 6.07) is 10.8. The molecule has 0 unspecified atom stereocenters. The van der Waals surface area contributed by atoms with Gasteiger partial charge in [-0.25, -0.2) is 9.78 Å². The zero-order chi connectivity index (χ0) is 51.5. The number of nitrogens with zero attached hydrogens (tertiary/aromatic N) is 6. The second kappa shape index (κ2) is 24.5. The number of carbonyl (C=O) groups is 5. The molecule has 4 amide bonds. The van der Waals surface area contributed by atoms with Gasteiger partial charge in [-0.3, -0.25) is 24.1 Å². The molecular weight excluding hydrogens is 942 g/mol. The fourth-order valence-corrected chi connectivity index (χ4v) is 9.77. The Hall–Kier alpha value is -5.89. The lowest BCUT2D eigenvalue weighted by Gasteiger charge is -2.36. The van der Waals surface area contributed by atoms with Gasteiger partial charge in [-0.1, -0.05) is 55.6 Å². The number of likely N-dealkylation sites (tertiary alicyclic amines) is 1. The highest BCUT2D eigenvalue weighted by Crippen LogP contribution is 2.37. The number of likely N-dealkylation sites (N-methyl/N-ethyl adjacent to an activating group) is 2. The van der Waals surface area contributed by atoms with Crippen molar-refractivity contribution in [1.29, 1.82) is 0 Å². The van der Waals surface area contributed by atoms with Crippen molar-refractivity contribution < 1.29 is 51.1 Å². The van der Waals surface area contributed by atoms with Gasteiger partial charge in [0.1, 0.15) is 34.1 Å². The summed E-state index contributed by atoms with van der Waals surface area (Å²) >= 11 is 1.35. The molecule has 1 saturated carbocycles. The first-order valence-corrected chi connectivity index (χ1v) is 25.4. The van der Waals surface area contributed by atoms with E-state index >= 15 is 0 Å². The molecule has 2 aromatic heterocycles. The van der Waals surface area contributed by atoms with Gasteiger partial charge in [0.2, 0.25) is 23.4 Å². The number of thiazole rings is 1. The first kappa shape index (κ1) is 54.4. The molecule has 0 radical (unpaired) electrons. The molecule has 20 heteroatoms. The zero-order valence-corrected chi connectivity index (χ0v) is 42.5. The molecule has 0 bridgehead atoms. The predicted octanol–water partition coefficient (Wildman–Crippen LogP) is 9.12. The van der Waals surface area contributed by atoms with Crippen LogP contribution in [0.1, 0.15) is 149 Å². The van der Waals surface area contributed by atoms with Crippen molar-refractivity contribution >= 4 is 40.9 Å². The van der Waals surface area contributed by atoms with Crippen molar-refractivity contribution in [3.05, 3.63) is 81.6 Å². The van der Waals surface area contributed by atoms with Crippen molar-refractivity contribution in [2.75, 3.05) is 39.8 Å². The lowest BCUT2D eigenvalue weighted by molar-refractivity contribution is -0.159. The van der Waals surface area contributed by atoms with Crippen LogP contribution in [0.2, 0.25) is 0 Å². The molecule has 0 spiro atoms. The monoisotopic (exact) mass is 1010 g/mol. The van der Waals surface area contributed by atoms with E-state index in [-0.39, 0.29) is 52.7 Å². The molecule has 3 heterocycles. The van der Waals surface area contributed by atoms with Gasteiger partial charge in [0.25, 0.3) is 5.91 Å². The lowest BCUT2D eigenvalue weighted by Crippen LogP contribution is -2.56. The maximum atomic E-state index is 14.5. The summed E-state index contributed by atoms with van der Waals surface area (Å²) in [7, 11) is 1.51. The van der Waals surface area contributed by atoms with Crippen molar-refractivity contribution in [3.63, 3.8) is 0 Å². The molecule has 2 aromatic carbocycles. The number of hydrogen-bond donors (Lipinski definition) is 2. The molecule has 16 nitrogen and oxygen atoms in total. The van der Waals surface area contributed by atoms with Gasteiger partial charge >= 0.3 is 18.2 Å². The SMILES string of the molecule is CCN(CCCCCOc1cccc(C(=O)c2csc([C@@H]3CCCN3C(=O)[C@@H](NC(=O)[C@H](C)N(C)C(=O)OC(C)(C)C)C3CCCCC3)n2)c1)C[C@@H](C)NC(=O)c1ccc(-c2noc(C(F)(F)F)n2)cc1. The molecule has 1 aliphatic carbocycles. The first-order chi connectivity index (χ1) is 33.7. The van der Waals surface area contributed by atoms with Crippen LogP contribution in [0, 0.1) is 5.92 Å². The molecule has 1 saturated heterocycles. The van der Waals surface area contributed by atoms with Crippen molar-refractivity contribution in [2.45, 2.75) is 142 Å². The van der Waals surface area contributed by atoms with Gasteiger partial charge < -0.3 is 34.4 Å². The number of nitrogens with one attached hydrogen (secondary N) is 2. The number of unbranched alkanes of at least 4 members (excludes halogenated alkanes) is 2. The van der Waals surface area contributed by atoms with Gasteiger partial charge in [0, 0.05) is 48.2 Å². The van der Waals surface area contributed by atoms with Gasteiger partial charge in [0.15, 0.2) is 0 Å². The second-order valence-corrected chi connectivity index (χ2v) is 20.3. The molecule has 2 fully saturated rings. The van der Waals surface area contributed by atoms with E-state index in [1.165, 1.54) is 47.5 Å². The number of carbonyl (C=O) groups excluding carboxylic acids is 5. The Kier molecular flexibility index (Phi) is 18.8. The summed E-state index contributed by atoms with van der Waals surface area (Å²) in [4.78, 5) is 81.1. The molecule has 386 valence electrons. The minimum absolute atomic E-state index is 0.0437. The van der Waals surface area contributed by atoms with Crippen LogP contribution in [0.25, 0.3) is 11.4 Å². The molecule has 2 aliphatic rings. The highest BCUT2D eigenvalue weighted by atomic mass is 32.1. The number of amides is 4. The molecule has 6 rings (SSSR count). The number of rotatable bonds is 21. The van der Waals surface area contributed by atoms with Crippen LogP contribution in [-0.4, -0.2) is 123 Å². The normalized spacial score (nSPS) is 16.8. The fraction of sp³-hybridized carbons (Fsp3) is 0.569. The minimum Gasteiger partial charge on any atom is -0.494 e. The number of ether oxygens (including phenoxy) is 2. The average Bonchev–Trinajstić information content (AvgIpc) is 4.15. The second-order valence-electron chi connectivity index (χ2n) is 19.4. The largest absolute Gasteiger partial charge is 0.494 e. The smallest absolute Gasteiger partial charge is 0.471 e. The maximum Gasteiger partial charge on any atom is 0.471 e. The van der Waals surface area contributed by atoms with Crippen molar-refractivity contribution in [3.8, 4) is 17.1 Å². The van der Waals surface area contributed by atoms with E-state index in [0.717, 1.165) is 70.9 Å². The van der Waals surface area contributed by atoms with Crippen LogP contribution < -0.4 is 15.4 Å². The molecule has 1 aliphatic heterocycles. The van der Waals surface area contributed by atoms with E-state index < -0.39 is 41.8 Å². The highest BCUT2D eigenvalue weighted by Gasteiger charge is 2.41. The van der Waals surface area contributed by atoms with Gasteiger partial charge in [-0.2, -0.15) is 18.2 Å². The van der Waals surface area contributed by atoms with Crippen LogP contribution in [0.5, 0.6) is 5.75 Å². The van der Waals surface area contributed by atoms with Crippen molar-refractivity contribution in [2.24, 2.45) is 5.92 Å². The third-order valence-electron chi connectivity index (χ3n) is 12.8. The summed E-state index contributed by atoms with van der Waals surface area (Å²) in [5.74, 6) is -2.29. The highest BCUT2D eigenvalue weighted by molar-refractivity contribution is 7.10. The maximum absolute atomic E-state index is 14.5. The molecule has 4 atom stereocenters. The third-order valence-corrected chi connectivity index (χ3v) is 13.8. The number of hydrogen-bond acceptors (Lipinski definition) is 13. The van der Waals surface area contributed by atoms with E-state index in [4.69, 9.17) is 14.5 Å². The van der Waals surface area contributed by atoms with E-state index in [9.17, 15) is 37.1 Å². The summed E-state index contributed by atoms with van der Waals surface area (Å²) in [5.41, 5.74) is 0.630. The number of benzene rings is 2. The predicted molar refractivity (Wildman–Crippen MR) is 261 cm³/mol. The zero-order valence-electron chi connectivity index (χ0n) is 41.7.